The van der Waals surface area contributed by atoms with E-state index in [4.69, 9.17) is 0 Å². The fourth-order valence-electron chi connectivity index (χ4n) is 4.07. The number of hydrogen-bond donors (Lipinski definition) is 2. The number of H-pyrrole nitrogens is 1. The number of aromatic nitrogens is 5. The zero-order valence-corrected chi connectivity index (χ0v) is 18.8. The Bertz CT molecular complexity index is 1370. The van der Waals surface area contributed by atoms with Crippen molar-refractivity contribution in [3.05, 3.63) is 66.0 Å². The van der Waals surface area contributed by atoms with Gasteiger partial charge in [0.25, 0.3) is 0 Å². The lowest BCUT2D eigenvalue weighted by Gasteiger charge is -2.21. The molecule has 0 unspecified atom stereocenters. The molecule has 2 heterocycles. The molecule has 33 heavy (non-hydrogen) atoms. The van der Waals surface area contributed by atoms with Crippen molar-refractivity contribution in [3.8, 4) is 0 Å². The Morgan fingerprint density at radius 3 is 2.39 bits per heavy atom. The number of fused-ring (bicyclic) bond motifs is 1. The zero-order valence-electron chi connectivity index (χ0n) is 18.0. The van der Waals surface area contributed by atoms with Crippen molar-refractivity contribution in [1.29, 1.82) is 0 Å². The van der Waals surface area contributed by atoms with E-state index in [1.165, 1.54) is 0 Å². The van der Waals surface area contributed by atoms with E-state index >= 15 is 0 Å². The SMILES string of the molecule is O=S(=O)(c1ccc(Nc2ncc(/C=C/c3ccc4[nH]nnc4c3)cn2)cc1)C1CCCCC1. The molecular formula is C24H24N6O2S. The summed E-state index contributed by atoms with van der Waals surface area (Å²) < 4.78 is 25.7. The minimum atomic E-state index is -3.27. The molecule has 168 valence electrons. The second-order valence-corrected chi connectivity index (χ2v) is 10.4. The van der Waals surface area contributed by atoms with Crippen LogP contribution >= 0.6 is 0 Å². The molecule has 0 radical (unpaired) electrons. The predicted molar refractivity (Wildman–Crippen MR) is 129 cm³/mol. The Labute approximate surface area is 192 Å². The number of nitrogens with one attached hydrogen (secondary N) is 2. The van der Waals surface area contributed by atoms with E-state index in [2.05, 4.69) is 30.7 Å². The second-order valence-electron chi connectivity index (χ2n) is 8.22. The normalized spacial score (nSPS) is 15.3. The van der Waals surface area contributed by atoms with Gasteiger partial charge in [-0.2, -0.15) is 0 Å². The zero-order chi connectivity index (χ0) is 22.7. The van der Waals surface area contributed by atoms with E-state index in [0.29, 0.717) is 10.8 Å². The maximum atomic E-state index is 12.8. The van der Waals surface area contributed by atoms with Crippen molar-refractivity contribution in [3.63, 3.8) is 0 Å². The topological polar surface area (TPSA) is 114 Å². The molecule has 0 saturated heterocycles. The highest BCUT2D eigenvalue weighted by molar-refractivity contribution is 7.92. The Morgan fingerprint density at radius 2 is 1.64 bits per heavy atom. The minimum absolute atomic E-state index is 0.258. The van der Waals surface area contributed by atoms with Crippen LogP contribution in [0.2, 0.25) is 0 Å². The van der Waals surface area contributed by atoms with Gasteiger partial charge in [0.1, 0.15) is 5.52 Å². The quantitative estimate of drug-likeness (QED) is 0.426. The highest BCUT2D eigenvalue weighted by atomic mass is 32.2. The smallest absolute Gasteiger partial charge is 0.227 e. The maximum absolute atomic E-state index is 12.8. The first-order chi connectivity index (χ1) is 16.1. The lowest BCUT2D eigenvalue weighted by Crippen LogP contribution is -2.24. The van der Waals surface area contributed by atoms with Gasteiger partial charge in [0.2, 0.25) is 5.95 Å². The van der Waals surface area contributed by atoms with Crippen LogP contribution in [-0.4, -0.2) is 39.0 Å². The largest absolute Gasteiger partial charge is 0.324 e. The summed E-state index contributed by atoms with van der Waals surface area (Å²) in [5, 5.41) is 13.5. The van der Waals surface area contributed by atoms with Gasteiger partial charge in [-0.05, 0) is 54.8 Å². The first kappa shape index (κ1) is 21.3. The molecule has 0 atom stereocenters. The molecule has 2 N–H and O–H groups in total. The fraction of sp³-hybridized carbons (Fsp3) is 0.250. The molecule has 2 aromatic carbocycles. The van der Waals surface area contributed by atoms with Crippen molar-refractivity contribution in [2.75, 3.05) is 5.32 Å². The summed E-state index contributed by atoms with van der Waals surface area (Å²) in [7, 11) is -3.27. The molecular weight excluding hydrogens is 436 g/mol. The summed E-state index contributed by atoms with van der Waals surface area (Å²) in [6, 6.07) is 12.7. The average Bonchev–Trinajstić information content (AvgIpc) is 3.33. The summed E-state index contributed by atoms with van der Waals surface area (Å²) in [5.74, 6) is 0.444. The average molecular weight is 461 g/mol. The number of aromatic amines is 1. The Hall–Kier alpha value is -3.59. The van der Waals surface area contributed by atoms with E-state index < -0.39 is 9.84 Å². The third-order valence-corrected chi connectivity index (χ3v) is 8.20. The van der Waals surface area contributed by atoms with Crippen molar-refractivity contribution < 1.29 is 8.42 Å². The van der Waals surface area contributed by atoms with Gasteiger partial charge in [-0.3, -0.25) is 5.10 Å². The van der Waals surface area contributed by atoms with Gasteiger partial charge in [-0.15, -0.1) is 5.10 Å². The van der Waals surface area contributed by atoms with E-state index in [1.807, 2.05) is 30.4 Å². The van der Waals surface area contributed by atoms with E-state index in [-0.39, 0.29) is 5.25 Å². The van der Waals surface area contributed by atoms with Gasteiger partial charge in [-0.25, -0.2) is 18.4 Å². The maximum Gasteiger partial charge on any atom is 0.227 e. The summed E-state index contributed by atoms with van der Waals surface area (Å²) >= 11 is 0. The minimum Gasteiger partial charge on any atom is -0.324 e. The molecule has 0 amide bonds. The summed E-state index contributed by atoms with van der Waals surface area (Å²) in [4.78, 5) is 9.09. The van der Waals surface area contributed by atoms with Crippen LogP contribution in [0.15, 0.2) is 59.8 Å². The molecule has 1 saturated carbocycles. The number of rotatable bonds is 6. The third kappa shape index (κ3) is 4.78. The first-order valence-corrected chi connectivity index (χ1v) is 12.5. The molecule has 9 heteroatoms. The van der Waals surface area contributed by atoms with Crippen LogP contribution in [0.5, 0.6) is 0 Å². The standard InChI is InChI=1S/C24H24N6O2S/c31-33(32,20-4-2-1-3-5-20)21-11-9-19(10-12-21)27-24-25-15-18(16-26-24)7-6-17-8-13-22-23(14-17)29-30-28-22/h6-16,20H,1-5H2,(H,25,26,27)(H,28,29,30)/b7-6+. The molecule has 1 fully saturated rings. The molecule has 0 aliphatic heterocycles. The molecule has 1 aliphatic carbocycles. The van der Waals surface area contributed by atoms with Crippen molar-refractivity contribution in [2.45, 2.75) is 42.2 Å². The number of benzene rings is 2. The highest BCUT2D eigenvalue weighted by Gasteiger charge is 2.28. The Balaban J connectivity index is 1.23. The van der Waals surface area contributed by atoms with Gasteiger partial charge < -0.3 is 5.32 Å². The Morgan fingerprint density at radius 1 is 0.909 bits per heavy atom. The lowest BCUT2D eigenvalue weighted by molar-refractivity contribution is 0.483. The molecule has 5 rings (SSSR count). The predicted octanol–water partition coefficient (Wildman–Crippen LogP) is 4.77. The highest BCUT2D eigenvalue weighted by Crippen LogP contribution is 2.29. The van der Waals surface area contributed by atoms with Gasteiger partial charge >= 0.3 is 0 Å². The van der Waals surface area contributed by atoms with Crippen molar-refractivity contribution in [1.82, 2.24) is 25.4 Å². The van der Waals surface area contributed by atoms with Crippen LogP contribution in [0, 0.1) is 0 Å². The third-order valence-electron chi connectivity index (χ3n) is 5.92. The van der Waals surface area contributed by atoms with Gasteiger partial charge in [0, 0.05) is 23.6 Å². The summed E-state index contributed by atoms with van der Waals surface area (Å²) in [6.07, 6.45) is 12.0. The van der Waals surface area contributed by atoms with Crippen LogP contribution in [-0.2, 0) is 9.84 Å². The number of sulfone groups is 1. The molecule has 8 nitrogen and oxygen atoms in total. The van der Waals surface area contributed by atoms with Gasteiger partial charge in [0.15, 0.2) is 9.84 Å². The van der Waals surface area contributed by atoms with Crippen LogP contribution in [0.4, 0.5) is 11.6 Å². The molecule has 2 aromatic heterocycles. The number of anilines is 2. The monoisotopic (exact) mass is 460 g/mol. The van der Waals surface area contributed by atoms with Gasteiger partial charge in [0.05, 0.1) is 15.7 Å². The van der Waals surface area contributed by atoms with E-state index in [1.54, 1.807) is 36.7 Å². The first-order valence-electron chi connectivity index (χ1n) is 11.0. The van der Waals surface area contributed by atoms with Crippen LogP contribution < -0.4 is 5.32 Å². The van der Waals surface area contributed by atoms with Crippen LogP contribution in [0.25, 0.3) is 23.2 Å². The lowest BCUT2D eigenvalue weighted by atomic mass is 10.0. The second kappa shape index (κ2) is 9.11. The van der Waals surface area contributed by atoms with Crippen LogP contribution in [0.3, 0.4) is 0 Å². The molecule has 0 bridgehead atoms. The molecule has 4 aromatic rings. The van der Waals surface area contributed by atoms with Crippen LogP contribution in [0.1, 0.15) is 43.2 Å². The molecule has 0 spiro atoms. The van der Waals surface area contributed by atoms with E-state index in [0.717, 1.165) is 60.0 Å². The molecule has 1 aliphatic rings. The van der Waals surface area contributed by atoms with Gasteiger partial charge in [-0.1, -0.05) is 42.7 Å². The number of nitrogens with zero attached hydrogens (tertiary/aromatic N) is 4. The fourth-order valence-corrected chi connectivity index (χ4v) is 5.92. The summed E-state index contributed by atoms with van der Waals surface area (Å²) in [5.41, 5.74) is 4.30. The van der Waals surface area contributed by atoms with Crippen molar-refractivity contribution >= 4 is 44.7 Å². The van der Waals surface area contributed by atoms with Crippen molar-refractivity contribution in [2.24, 2.45) is 0 Å². The van der Waals surface area contributed by atoms with E-state index in [9.17, 15) is 8.42 Å². The Kier molecular flexibility index (Phi) is 5.87. The number of hydrogen-bond acceptors (Lipinski definition) is 7. The summed E-state index contributed by atoms with van der Waals surface area (Å²) in [6.45, 7) is 0.